The highest BCUT2D eigenvalue weighted by Gasteiger charge is 1.98. The zero-order chi connectivity index (χ0) is 8.97. The van der Waals surface area contributed by atoms with Gasteiger partial charge in [-0.05, 0) is 41.1 Å². The van der Waals surface area contributed by atoms with E-state index in [2.05, 4.69) is 31.9 Å². The SMILES string of the molecule is CC=COc1ccc(Br)cc1Br. The Morgan fingerprint density at radius 3 is 2.67 bits per heavy atom. The van der Waals surface area contributed by atoms with E-state index in [9.17, 15) is 0 Å². The lowest BCUT2D eigenvalue weighted by Gasteiger charge is -2.02. The van der Waals surface area contributed by atoms with E-state index < -0.39 is 0 Å². The van der Waals surface area contributed by atoms with E-state index in [4.69, 9.17) is 4.74 Å². The third-order valence-corrected chi connectivity index (χ3v) is 2.34. The van der Waals surface area contributed by atoms with Crippen molar-refractivity contribution >= 4 is 31.9 Å². The summed E-state index contributed by atoms with van der Waals surface area (Å²) in [6.45, 7) is 1.91. The van der Waals surface area contributed by atoms with Crippen molar-refractivity contribution in [1.82, 2.24) is 0 Å². The molecule has 0 aliphatic carbocycles. The average Bonchev–Trinajstić information content (AvgIpc) is 2.03. The molecule has 0 saturated heterocycles. The number of hydrogen-bond acceptors (Lipinski definition) is 1. The highest BCUT2D eigenvalue weighted by Crippen LogP contribution is 2.28. The third-order valence-electron chi connectivity index (χ3n) is 1.23. The Morgan fingerprint density at radius 1 is 1.33 bits per heavy atom. The van der Waals surface area contributed by atoms with Gasteiger partial charge in [-0.2, -0.15) is 0 Å². The van der Waals surface area contributed by atoms with Crippen LogP contribution < -0.4 is 4.74 Å². The van der Waals surface area contributed by atoms with Crippen molar-refractivity contribution < 1.29 is 4.74 Å². The molecule has 0 heterocycles. The maximum atomic E-state index is 5.29. The van der Waals surface area contributed by atoms with Gasteiger partial charge in [-0.3, -0.25) is 0 Å². The van der Waals surface area contributed by atoms with Crippen LogP contribution in [0.2, 0.25) is 0 Å². The quantitative estimate of drug-likeness (QED) is 0.745. The van der Waals surface area contributed by atoms with Gasteiger partial charge in [-0.25, -0.2) is 0 Å². The predicted molar refractivity (Wildman–Crippen MR) is 57.3 cm³/mol. The molecule has 12 heavy (non-hydrogen) atoms. The first-order chi connectivity index (χ1) is 5.74. The summed E-state index contributed by atoms with van der Waals surface area (Å²) >= 11 is 6.75. The first-order valence-corrected chi connectivity index (χ1v) is 5.05. The molecule has 64 valence electrons. The van der Waals surface area contributed by atoms with Gasteiger partial charge in [0.1, 0.15) is 5.75 Å². The van der Waals surface area contributed by atoms with Crippen LogP contribution in [0, 0.1) is 0 Å². The van der Waals surface area contributed by atoms with Crippen molar-refractivity contribution in [3.63, 3.8) is 0 Å². The summed E-state index contributed by atoms with van der Waals surface area (Å²) in [6.07, 6.45) is 3.49. The van der Waals surface area contributed by atoms with Gasteiger partial charge in [-0.15, -0.1) is 0 Å². The topological polar surface area (TPSA) is 9.23 Å². The Bertz CT molecular complexity index is 295. The molecule has 1 nitrogen and oxygen atoms in total. The summed E-state index contributed by atoms with van der Waals surface area (Å²) in [5, 5.41) is 0. The van der Waals surface area contributed by atoms with E-state index in [-0.39, 0.29) is 0 Å². The molecule has 0 amide bonds. The summed E-state index contributed by atoms with van der Waals surface area (Å²) in [6, 6.07) is 5.77. The molecule has 0 N–H and O–H groups in total. The lowest BCUT2D eigenvalue weighted by Crippen LogP contribution is -1.82. The smallest absolute Gasteiger partial charge is 0.140 e. The molecule has 0 bridgehead atoms. The van der Waals surface area contributed by atoms with Gasteiger partial charge in [-0.1, -0.05) is 22.0 Å². The summed E-state index contributed by atoms with van der Waals surface area (Å²) in [7, 11) is 0. The van der Waals surface area contributed by atoms with Crippen molar-refractivity contribution in [2.45, 2.75) is 6.92 Å². The normalized spacial score (nSPS) is 10.6. The lowest BCUT2D eigenvalue weighted by molar-refractivity contribution is 0.477. The fraction of sp³-hybridized carbons (Fsp3) is 0.111. The summed E-state index contributed by atoms with van der Waals surface area (Å²) in [5.41, 5.74) is 0. The monoisotopic (exact) mass is 290 g/mol. The first-order valence-electron chi connectivity index (χ1n) is 3.47. The Labute approximate surface area is 88.7 Å². The van der Waals surface area contributed by atoms with Crippen molar-refractivity contribution in [2.24, 2.45) is 0 Å². The van der Waals surface area contributed by atoms with Crippen LogP contribution in [-0.2, 0) is 0 Å². The van der Waals surface area contributed by atoms with Crippen LogP contribution in [0.4, 0.5) is 0 Å². The van der Waals surface area contributed by atoms with Crippen LogP contribution >= 0.6 is 31.9 Å². The second-order valence-corrected chi connectivity index (χ2v) is 3.93. The molecule has 0 saturated carbocycles. The van der Waals surface area contributed by atoms with E-state index in [1.165, 1.54) is 0 Å². The first kappa shape index (κ1) is 9.81. The minimum atomic E-state index is 0.816. The molecule has 0 atom stereocenters. The second kappa shape index (κ2) is 4.67. The number of rotatable bonds is 2. The van der Waals surface area contributed by atoms with Crippen molar-refractivity contribution in [1.29, 1.82) is 0 Å². The zero-order valence-electron chi connectivity index (χ0n) is 6.55. The maximum absolute atomic E-state index is 5.29. The Balaban J connectivity index is 2.86. The van der Waals surface area contributed by atoms with Gasteiger partial charge in [0.05, 0.1) is 10.7 Å². The van der Waals surface area contributed by atoms with Crippen molar-refractivity contribution in [3.05, 3.63) is 39.5 Å². The number of hydrogen-bond donors (Lipinski definition) is 0. The fourth-order valence-electron chi connectivity index (χ4n) is 0.712. The van der Waals surface area contributed by atoms with E-state index in [1.54, 1.807) is 6.26 Å². The van der Waals surface area contributed by atoms with E-state index in [1.807, 2.05) is 31.2 Å². The van der Waals surface area contributed by atoms with Crippen LogP contribution in [0.1, 0.15) is 6.92 Å². The predicted octanol–water partition coefficient (Wildman–Crippen LogP) is 4.12. The summed E-state index contributed by atoms with van der Waals surface area (Å²) in [5.74, 6) is 0.816. The molecule has 1 rings (SSSR count). The van der Waals surface area contributed by atoms with Gasteiger partial charge < -0.3 is 4.74 Å². The molecular weight excluding hydrogens is 284 g/mol. The summed E-state index contributed by atoms with van der Waals surface area (Å²) < 4.78 is 7.26. The molecule has 3 heteroatoms. The van der Waals surface area contributed by atoms with Crippen LogP contribution in [-0.4, -0.2) is 0 Å². The molecule has 0 spiro atoms. The van der Waals surface area contributed by atoms with E-state index >= 15 is 0 Å². The van der Waals surface area contributed by atoms with Crippen molar-refractivity contribution in [3.8, 4) is 5.75 Å². The van der Waals surface area contributed by atoms with Crippen LogP contribution in [0.3, 0.4) is 0 Å². The Morgan fingerprint density at radius 2 is 2.08 bits per heavy atom. The zero-order valence-corrected chi connectivity index (χ0v) is 9.72. The van der Waals surface area contributed by atoms with E-state index in [0.29, 0.717) is 0 Å². The molecule has 0 aliphatic rings. The molecule has 0 aromatic heterocycles. The van der Waals surface area contributed by atoms with Crippen LogP contribution in [0.15, 0.2) is 39.5 Å². The van der Waals surface area contributed by atoms with Gasteiger partial charge in [0.15, 0.2) is 0 Å². The minimum Gasteiger partial charge on any atom is -0.464 e. The average molecular weight is 292 g/mol. The van der Waals surface area contributed by atoms with Gasteiger partial charge in [0.2, 0.25) is 0 Å². The number of ether oxygens (including phenoxy) is 1. The highest BCUT2D eigenvalue weighted by molar-refractivity contribution is 9.11. The van der Waals surface area contributed by atoms with Crippen molar-refractivity contribution in [2.75, 3.05) is 0 Å². The van der Waals surface area contributed by atoms with Gasteiger partial charge in [0, 0.05) is 4.47 Å². The summed E-state index contributed by atoms with van der Waals surface area (Å²) in [4.78, 5) is 0. The maximum Gasteiger partial charge on any atom is 0.140 e. The lowest BCUT2D eigenvalue weighted by atomic mass is 10.3. The Kier molecular flexibility index (Phi) is 3.82. The Hall–Kier alpha value is -0.280. The molecule has 0 unspecified atom stereocenters. The van der Waals surface area contributed by atoms with Gasteiger partial charge >= 0.3 is 0 Å². The number of benzene rings is 1. The molecule has 0 radical (unpaired) electrons. The molecule has 0 fully saturated rings. The third kappa shape index (κ3) is 2.64. The highest BCUT2D eigenvalue weighted by atomic mass is 79.9. The number of halogens is 2. The molecular formula is C9H8Br2O. The van der Waals surface area contributed by atoms with E-state index in [0.717, 1.165) is 14.7 Å². The molecule has 1 aromatic carbocycles. The standard InChI is InChI=1S/C9H8Br2O/c1-2-5-12-9-4-3-7(10)6-8(9)11/h2-6H,1H3. The second-order valence-electron chi connectivity index (χ2n) is 2.16. The largest absolute Gasteiger partial charge is 0.464 e. The number of allylic oxidation sites excluding steroid dienone is 1. The molecule has 1 aromatic rings. The van der Waals surface area contributed by atoms with Gasteiger partial charge in [0.25, 0.3) is 0 Å². The van der Waals surface area contributed by atoms with Crippen LogP contribution in [0.5, 0.6) is 5.75 Å². The molecule has 0 aliphatic heterocycles. The van der Waals surface area contributed by atoms with Crippen LogP contribution in [0.25, 0.3) is 0 Å². The fourth-order valence-corrected chi connectivity index (χ4v) is 1.85. The minimum absolute atomic E-state index is 0.816.